The average molecular weight is 581 g/mol. The van der Waals surface area contributed by atoms with Crippen LogP contribution in [0.15, 0.2) is 30.3 Å². The Bertz CT molecular complexity index is 1280. The molecular weight excluding hydrogens is 548 g/mol. The highest BCUT2D eigenvalue weighted by Gasteiger charge is 2.48. The molecule has 224 valence electrons. The molecule has 2 aromatic rings. The van der Waals surface area contributed by atoms with Gasteiger partial charge in [0.25, 0.3) is 0 Å². The van der Waals surface area contributed by atoms with Crippen LogP contribution in [0, 0.1) is 6.92 Å². The Balaban J connectivity index is 1.57. The minimum absolute atomic E-state index is 0.134. The highest BCUT2D eigenvalue weighted by Crippen LogP contribution is 2.46. The van der Waals surface area contributed by atoms with E-state index >= 15 is 0 Å². The summed E-state index contributed by atoms with van der Waals surface area (Å²) in [5.41, 5.74) is 0.635. The van der Waals surface area contributed by atoms with E-state index in [2.05, 4.69) is 0 Å². The molecule has 0 radical (unpaired) electrons. The molecule has 0 unspecified atom stereocenters. The van der Waals surface area contributed by atoms with Crippen molar-refractivity contribution in [2.45, 2.75) is 74.4 Å². The Morgan fingerprint density at radius 3 is 1.95 bits per heavy atom. The zero-order valence-corrected chi connectivity index (χ0v) is 21.7. The van der Waals surface area contributed by atoms with Crippen molar-refractivity contribution in [2.24, 2.45) is 0 Å². The van der Waals surface area contributed by atoms with Crippen LogP contribution >= 0.6 is 0 Å². The highest BCUT2D eigenvalue weighted by molar-refractivity contribution is 6.16. The standard InChI is InChI=1S/C27H32O14/c1-9-5-11-16(12(30)6-9)20(33)17-10(25(11)41-27-24(37)22(35)19(32)15(8-29)40-27)3-2-4-13(17)38-26-23(36)21(34)18(31)14(7-28)39-26/h2-6,14-15,18-19,21-32,34-37H,7-8H2,1H3/t14-,15-,18-,19-,21+,22+,23-,24-,25+,26-,27+/m1/s1. The summed E-state index contributed by atoms with van der Waals surface area (Å²) in [5.74, 6) is -1.24. The largest absolute Gasteiger partial charge is 0.507 e. The Kier molecular flexibility index (Phi) is 8.35. The first kappa shape index (κ1) is 29.8. The molecule has 2 saturated heterocycles. The topological polar surface area (TPSA) is 236 Å². The van der Waals surface area contributed by atoms with Gasteiger partial charge in [-0.3, -0.25) is 4.79 Å². The van der Waals surface area contributed by atoms with Gasteiger partial charge in [-0.1, -0.05) is 18.2 Å². The highest BCUT2D eigenvalue weighted by atomic mass is 16.7. The third-order valence-electron chi connectivity index (χ3n) is 7.58. The van der Waals surface area contributed by atoms with Crippen LogP contribution in [0.25, 0.3) is 0 Å². The maximum Gasteiger partial charge on any atom is 0.229 e. The maximum absolute atomic E-state index is 13.8. The fraction of sp³-hybridized carbons (Fsp3) is 0.519. The van der Waals surface area contributed by atoms with Crippen LogP contribution in [0.1, 0.15) is 38.7 Å². The fourth-order valence-corrected chi connectivity index (χ4v) is 5.40. The number of hydrogen-bond acceptors (Lipinski definition) is 14. The van der Waals surface area contributed by atoms with Gasteiger partial charge in [0.15, 0.2) is 6.29 Å². The first-order chi connectivity index (χ1) is 19.5. The molecule has 9 N–H and O–H groups in total. The molecule has 14 nitrogen and oxygen atoms in total. The summed E-state index contributed by atoms with van der Waals surface area (Å²) in [7, 11) is 0. The zero-order chi connectivity index (χ0) is 29.7. The number of benzene rings is 2. The molecule has 0 aromatic heterocycles. The minimum atomic E-state index is -1.77. The molecule has 0 bridgehead atoms. The van der Waals surface area contributed by atoms with Crippen molar-refractivity contribution in [1.29, 1.82) is 0 Å². The Hall–Kier alpha value is -2.73. The molecule has 0 saturated carbocycles. The van der Waals surface area contributed by atoms with Crippen LogP contribution < -0.4 is 4.74 Å². The molecule has 3 aliphatic rings. The van der Waals surface area contributed by atoms with E-state index in [1.54, 1.807) is 13.0 Å². The number of aryl methyl sites for hydroxylation is 1. The lowest BCUT2D eigenvalue weighted by molar-refractivity contribution is -0.309. The summed E-state index contributed by atoms with van der Waals surface area (Å²) >= 11 is 0. The molecular formula is C27H32O14. The van der Waals surface area contributed by atoms with E-state index in [4.69, 9.17) is 18.9 Å². The van der Waals surface area contributed by atoms with E-state index in [9.17, 15) is 50.8 Å². The number of carbonyl (C=O) groups excluding carboxylic acids is 1. The van der Waals surface area contributed by atoms with Gasteiger partial charge in [0.1, 0.15) is 66.4 Å². The number of rotatable bonds is 6. The maximum atomic E-state index is 13.8. The molecule has 2 aromatic carbocycles. The third kappa shape index (κ3) is 5.11. The van der Waals surface area contributed by atoms with E-state index in [-0.39, 0.29) is 33.8 Å². The summed E-state index contributed by atoms with van der Waals surface area (Å²) in [6, 6.07) is 7.28. The van der Waals surface area contributed by atoms with Crippen LogP contribution in [0.3, 0.4) is 0 Å². The molecule has 5 rings (SSSR count). The minimum Gasteiger partial charge on any atom is -0.507 e. The number of phenolic OH excluding ortho intramolecular Hbond substituents is 1. The van der Waals surface area contributed by atoms with Gasteiger partial charge in [-0.2, -0.15) is 0 Å². The predicted molar refractivity (Wildman–Crippen MR) is 134 cm³/mol. The van der Waals surface area contributed by atoms with E-state index in [0.29, 0.717) is 5.56 Å². The van der Waals surface area contributed by atoms with E-state index in [1.165, 1.54) is 24.3 Å². The van der Waals surface area contributed by atoms with Crippen LogP contribution in [0.2, 0.25) is 0 Å². The molecule has 41 heavy (non-hydrogen) atoms. The molecule has 11 atom stereocenters. The second kappa shape index (κ2) is 11.5. The van der Waals surface area contributed by atoms with Crippen LogP contribution in [-0.4, -0.2) is 126 Å². The molecule has 2 aliphatic heterocycles. The van der Waals surface area contributed by atoms with Crippen molar-refractivity contribution in [3.8, 4) is 11.5 Å². The van der Waals surface area contributed by atoms with E-state index in [1.807, 2.05) is 0 Å². The average Bonchev–Trinajstić information content (AvgIpc) is 2.94. The number of aliphatic hydroxyl groups excluding tert-OH is 8. The number of aromatic hydroxyl groups is 1. The van der Waals surface area contributed by atoms with Gasteiger partial charge in [0.2, 0.25) is 12.1 Å². The monoisotopic (exact) mass is 580 g/mol. The van der Waals surface area contributed by atoms with Gasteiger partial charge in [0.05, 0.1) is 24.3 Å². The Morgan fingerprint density at radius 1 is 0.756 bits per heavy atom. The smallest absolute Gasteiger partial charge is 0.229 e. The van der Waals surface area contributed by atoms with Crippen molar-refractivity contribution in [3.63, 3.8) is 0 Å². The van der Waals surface area contributed by atoms with Crippen LogP contribution in [0.5, 0.6) is 11.5 Å². The number of aliphatic hydroxyl groups is 8. The van der Waals surface area contributed by atoms with Crippen LogP contribution in [-0.2, 0) is 14.2 Å². The summed E-state index contributed by atoms with van der Waals surface area (Å²) in [6.07, 6.45) is -17.3. The lowest BCUT2D eigenvalue weighted by Crippen LogP contribution is -2.60. The fourth-order valence-electron chi connectivity index (χ4n) is 5.40. The van der Waals surface area contributed by atoms with Crippen molar-refractivity contribution in [2.75, 3.05) is 13.2 Å². The first-order valence-corrected chi connectivity index (χ1v) is 12.9. The number of phenols is 1. The Morgan fingerprint density at radius 2 is 1.34 bits per heavy atom. The van der Waals surface area contributed by atoms with E-state index in [0.717, 1.165) is 0 Å². The van der Waals surface area contributed by atoms with Gasteiger partial charge in [-0.25, -0.2) is 0 Å². The molecule has 2 fully saturated rings. The summed E-state index contributed by atoms with van der Waals surface area (Å²) in [5, 5.41) is 91.7. The summed E-state index contributed by atoms with van der Waals surface area (Å²) in [6.45, 7) is 0.272. The number of fused-ring (bicyclic) bond motifs is 2. The van der Waals surface area contributed by atoms with Gasteiger partial charge in [0, 0.05) is 11.1 Å². The van der Waals surface area contributed by atoms with Gasteiger partial charge < -0.3 is 64.9 Å². The zero-order valence-electron chi connectivity index (χ0n) is 21.7. The molecule has 2 heterocycles. The molecule has 0 spiro atoms. The second-order valence-corrected chi connectivity index (χ2v) is 10.3. The van der Waals surface area contributed by atoms with Gasteiger partial charge >= 0.3 is 0 Å². The van der Waals surface area contributed by atoms with Crippen molar-refractivity contribution in [3.05, 3.63) is 58.1 Å². The number of carbonyl (C=O) groups is 1. The lowest BCUT2D eigenvalue weighted by atomic mass is 9.81. The SMILES string of the molecule is Cc1cc(O)c2c(c1)[C@@H](O[C@@H]1O[C@H](CO)[C@@H](O)[C@H](O)[C@H]1O)c1cccc(O[C@@H]3O[C@H](CO)[C@@H](O)[C@H](O)[C@H]3O)c1C2=O. The first-order valence-electron chi connectivity index (χ1n) is 12.9. The molecule has 0 amide bonds. The Labute approximate surface area is 233 Å². The lowest BCUT2D eigenvalue weighted by Gasteiger charge is -2.42. The number of ketones is 1. The van der Waals surface area contributed by atoms with Crippen molar-refractivity contribution >= 4 is 5.78 Å². The summed E-state index contributed by atoms with van der Waals surface area (Å²) < 4.78 is 22.8. The second-order valence-electron chi connectivity index (χ2n) is 10.3. The van der Waals surface area contributed by atoms with E-state index < -0.39 is 86.5 Å². The van der Waals surface area contributed by atoms with Gasteiger partial charge in [-0.15, -0.1) is 0 Å². The predicted octanol–water partition coefficient (Wildman–Crippen LogP) is -2.67. The number of hydrogen-bond donors (Lipinski definition) is 9. The quantitative estimate of drug-likeness (QED) is 0.170. The van der Waals surface area contributed by atoms with Crippen LogP contribution in [0.4, 0.5) is 0 Å². The molecule has 14 heteroatoms. The van der Waals surface area contributed by atoms with Gasteiger partial charge in [-0.05, 0) is 24.6 Å². The normalized spacial score (nSPS) is 36.9. The van der Waals surface area contributed by atoms with Crippen molar-refractivity contribution < 1.29 is 69.7 Å². The molecule has 1 aliphatic carbocycles. The van der Waals surface area contributed by atoms with Crippen molar-refractivity contribution in [1.82, 2.24) is 0 Å². The number of ether oxygens (including phenoxy) is 4. The summed E-state index contributed by atoms with van der Waals surface area (Å²) in [4.78, 5) is 13.8. The third-order valence-corrected chi connectivity index (χ3v) is 7.58.